The van der Waals surface area contributed by atoms with Crippen LogP contribution >= 0.6 is 0 Å². The minimum absolute atomic E-state index is 0.195. The predicted octanol–water partition coefficient (Wildman–Crippen LogP) is 1.75. The lowest BCUT2D eigenvalue weighted by Crippen LogP contribution is -2.28. The van der Waals surface area contributed by atoms with Gasteiger partial charge in [-0.3, -0.25) is 9.59 Å². The van der Waals surface area contributed by atoms with Crippen LogP contribution in [-0.2, 0) is 20.7 Å². The molecule has 1 aromatic rings. The average Bonchev–Trinajstić information content (AvgIpc) is 2.40. The van der Waals surface area contributed by atoms with E-state index < -0.39 is 12.0 Å². The Labute approximate surface area is 118 Å². The molecule has 0 saturated carbocycles. The summed E-state index contributed by atoms with van der Waals surface area (Å²) in [4.78, 5) is 22.8. The van der Waals surface area contributed by atoms with Crippen molar-refractivity contribution in [3.63, 3.8) is 0 Å². The van der Waals surface area contributed by atoms with Gasteiger partial charge in [0.1, 0.15) is 6.10 Å². The smallest absolute Gasteiger partial charge is 0.309 e. The predicted molar refractivity (Wildman–Crippen MR) is 76.3 cm³/mol. The Kier molecular flexibility index (Phi) is 6.18. The third-order valence-corrected chi connectivity index (χ3v) is 2.79. The van der Waals surface area contributed by atoms with Gasteiger partial charge in [-0.05, 0) is 30.0 Å². The normalized spacial score (nSPS) is 12.1. The van der Waals surface area contributed by atoms with E-state index in [-0.39, 0.29) is 18.3 Å². The van der Waals surface area contributed by atoms with E-state index in [1.165, 1.54) is 7.11 Å². The molecule has 0 spiro atoms. The van der Waals surface area contributed by atoms with Gasteiger partial charge in [0.2, 0.25) is 0 Å². The molecule has 0 heterocycles. The minimum Gasteiger partial charge on any atom is -0.469 e. The van der Waals surface area contributed by atoms with Gasteiger partial charge in [0.05, 0.1) is 13.5 Å². The summed E-state index contributed by atoms with van der Waals surface area (Å²) in [6.45, 7) is 3.89. The van der Waals surface area contributed by atoms with Crippen molar-refractivity contribution in [2.75, 3.05) is 12.4 Å². The number of hydrogen-bond donors (Lipinski definition) is 2. The lowest BCUT2D eigenvalue weighted by molar-refractivity contribution is -0.139. The van der Waals surface area contributed by atoms with Crippen molar-refractivity contribution >= 4 is 17.6 Å². The first-order chi connectivity index (χ1) is 9.42. The number of aliphatic hydroxyl groups excluding tert-OH is 1. The van der Waals surface area contributed by atoms with Gasteiger partial charge in [-0.1, -0.05) is 26.0 Å². The summed E-state index contributed by atoms with van der Waals surface area (Å²) < 4.78 is 4.58. The monoisotopic (exact) mass is 279 g/mol. The summed E-state index contributed by atoms with van der Waals surface area (Å²) in [5, 5.41) is 12.3. The number of carbonyl (C=O) groups excluding carboxylic acids is 2. The second-order valence-electron chi connectivity index (χ2n) is 5.08. The Balaban J connectivity index is 2.56. The highest BCUT2D eigenvalue weighted by atomic mass is 16.5. The second kappa shape index (κ2) is 7.65. The van der Waals surface area contributed by atoms with Crippen LogP contribution in [0, 0.1) is 5.92 Å². The Bertz CT molecular complexity index is 453. The Morgan fingerprint density at radius 1 is 1.25 bits per heavy atom. The number of aliphatic hydroxyl groups is 1. The molecule has 5 nitrogen and oxygen atoms in total. The summed E-state index contributed by atoms with van der Waals surface area (Å²) in [5.41, 5.74) is 1.39. The average molecular weight is 279 g/mol. The van der Waals surface area contributed by atoms with E-state index >= 15 is 0 Å². The molecule has 0 aromatic heterocycles. The van der Waals surface area contributed by atoms with Gasteiger partial charge in [-0.25, -0.2) is 0 Å². The van der Waals surface area contributed by atoms with Crippen molar-refractivity contribution < 1.29 is 19.4 Å². The van der Waals surface area contributed by atoms with Gasteiger partial charge in [-0.2, -0.15) is 0 Å². The van der Waals surface area contributed by atoms with Crippen molar-refractivity contribution in [2.45, 2.75) is 32.8 Å². The summed E-state index contributed by atoms with van der Waals surface area (Å²) in [5.74, 6) is -0.480. The van der Waals surface area contributed by atoms with Crippen molar-refractivity contribution in [1.82, 2.24) is 0 Å². The van der Waals surface area contributed by atoms with Crippen LogP contribution in [-0.4, -0.2) is 30.2 Å². The van der Waals surface area contributed by atoms with Crippen LogP contribution in [0.15, 0.2) is 24.3 Å². The molecule has 0 radical (unpaired) electrons. The van der Waals surface area contributed by atoms with Crippen LogP contribution in [0.5, 0.6) is 0 Å². The molecular weight excluding hydrogens is 258 g/mol. The molecule has 5 heteroatoms. The van der Waals surface area contributed by atoms with E-state index in [0.717, 1.165) is 5.56 Å². The molecule has 0 unspecified atom stereocenters. The lowest BCUT2D eigenvalue weighted by atomic mass is 10.1. The highest BCUT2D eigenvalue weighted by Crippen LogP contribution is 2.12. The largest absolute Gasteiger partial charge is 0.469 e. The van der Waals surface area contributed by atoms with Crippen LogP contribution < -0.4 is 5.32 Å². The van der Waals surface area contributed by atoms with Crippen LogP contribution in [0.25, 0.3) is 0 Å². The number of nitrogens with one attached hydrogen (secondary N) is 1. The molecule has 0 aliphatic rings. The maximum Gasteiger partial charge on any atom is 0.309 e. The summed E-state index contributed by atoms with van der Waals surface area (Å²) in [6.07, 6.45) is -0.391. The van der Waals surface area contributed by atoms with Gasteiger partial charge in [0.15, 0.2) is 0 Å². The molecule has 20 heavy (non-hydrogen) atoms. The van der Waals surface area contributed by atoms with Crippen LogP contribution in [0.1, 0.15) is 25.8 Å². The van der Waals surface area contributed by atoms with E-state index in [1.54, 1.807) is 24.3 Å². The second-order valence-corrected chi connectivity index (χ2v) is 5.08. The number of esters is 1. The number of benzene rings is 1. The van der Waals surface area contributed by atoms with Gasteiger partial charge >= 0.3 is 5.97 Å². The maximum atomic E-state index is 11.7. The zero-order valence-electron chi connectivity index (χ0n) is 12.1. The van der Waals surface area contributed by atoms with Gasteiger partial charge < -0.3 is 15.2 Å². The fourth-order valence-electron chi connectivity index (χ4n) is 1.72. The first-order valence-electron chi connectivity index (χ1n) is 6.57. The number of anilines is 1. The molecule has 0 aliphatic carbocycles. The van der Waals surface area contributed by atoms with Gasteiger partial charge in [0.25, 0.3) is 5.91 Å². The van der Waals surface area contributed by atoms with E-state index in [4.69, 9.17) is 0 Å². The molecule has 2 N–H and O–H groups in total. The molecule has 110 valence electrons. The number of methoxy groups -OCH3 is 1. The number of ether oxygens (including phenoxy) is 1. The summed E-state index contributed by atoms with van der Waals surface area (Å²) in [7, 11) is 1.34. The Morgan fingerprint density at radius 3 is 2.35 bits per heavy atom. The van der Waals surface area contributed by atoms with E-state index in [1.807, 2.05) is 13.8 Å². The molecular formula is C15H21NO4. The molecule has 0 bridgehead atoms. The van der Waals surface area contributed by atoms with Crippen LogP contribution in [0.2, 0.25) is 0 Å². The number of carbonyl (C=O) groups is 2. The standard InChI is InChI=1S/C15H21NO4/c1-10(2)8-13(17)15(19)16-12-6-4-11(5-7-12)9-14(18)20-3/h4-7,10,13,17H,8-9H2,1-3H3,(H,16,19)/t13-/m0/s1. The Hall–Kier alpha value is -1.88. The topological polar surface area (TPSA) is 75.6 Å². The van der Waals surface area contributed by atoms with Crippen molar-refractivity contribution in [3.05, 3.63) is 29.8 Å². The number of hydrogen-bond acceptors (Lipinski definition) is 4. The summed E-state index contributed by atoms with van der Waals surface area (Å²) in [6, 6.07) is 6.86. The fourth-order valence-corrected chi connectivity index (χ4v) is 1.72. The first-order valence-corrected chi connectivity index (χ1v) is 6.57. The van der Waals surface area contributed by atoms with Crippen molar-refractivity contribution in [1.29, 1.82) is 0 Å². The van der Waals surface area contributed by atoms with Crippen LogP contribution in [0.4, 0.5) is 5.69 Å². The Morgan fingerprint density at radius 2 is 1.85 bits per heavy atom. The van der Waals surface area contributed by atoms with Gasteiger partial charge in [-0.15, -0.1) is 0 Å². The van der Waals surface area contributed by atoms with Crippen molar-refractivity contribution in [3.8, 4) is 0 Å². The van der Waals surface area contributed by atoms with Crippen LogP contribution in [0.3, 0.4) is 0 Å². The highest BCUT2D eigenvalue weighted by molar-refractivity contribution is 5.94. The highest BCUT2D eigenvalue weighted by Gasteiger charge is 2.16. The molecule has 0 aliphatic heterocycles. The molecule has 1 amide bonds. The van der Waals surface area contributed by atoms with E-state index in [0.29, 0.717) is 12.1 Å². The summed E-state index contributed by atoms with van der Waals surface area (Å²) >= 11 is 0. The third kappa shape index (κ3) is 5.40. The zero-order valence-corrected chi connectivity index (χ0v) is 12.1. The minimum atomic E-state index is -1.01. The molecule has 0 fully saturated rings. The molecule has 1 aromatic carbocycles. The number of amides is 1. The third-order valence-electron chi connectivity index (χ3n) is 2.79. The quantitative estimate of drug-likeness (QED) is 0.778. The molecule has 0 saturated heterocycles. The van der Waals surface area contributed by atoms with E-state index in [9.17, 15) is 14.7 Å². The maximum absolute atomic E-state index is 11.7. The number of rotatable bonds is 6. The fraction of sp³-hybridized carbons (Fsp3) is 0.467. The zero-order chi connectivity index (χ0) is 15.1. The van der Waals surface area contributed by atoms with E-state index in [2.05, 4.69) is 10.1 Å². The first kappa shape index (κ1) is 16.2. The molecule has 1 rings (SSSR count). The SMILES string of the molecule is COC(=O)Cc1ccc(NC(=O)[C@@H](O)CC(C)C)cc1. The lowest BCUT2D eigenvalue weighted by Gasteiger charge is -2.13. The molecule has 1 atom stereocenters. The van der Waals surface area contributed by atoms with Crippen molar-refractivity contribution in [2.24, 2.45) is 5.92 Å². The van der Waals surface area contributed by atoms with Gasteiger partial charge in [0, 0.05) is 5.69 Å².